The Labute approximate surface area is 78.5 Å². The second kappa shape index (κ2) is 6.30. The van der Waals surface area contributed by atoms with E-state index in [0.717, 1.165) is 12.8 Å². The van der Waals surface area contributed by atoms with Crippen LogP contribution in [0.4, 0.5) is 0 Å². The number of hydrogen-bond acceptors (Lipinski definition) is 2. The van der Waals surface area contributed by atoms with Gasteiger partial charge in [-0.15, -0.1) is 0 Å². The van der Waals surface area contributed by atoms with E-state index in [2.05, 4.69) is 0 Å². The van der Waals surface area contributed by atoms with Crippen molar-refractivity contribution in [1.82, 2.24) is 0 Å². The molecule has 0 rings (SSSR count). The Morgan fingerprint density at radius 2 is 1.77 bits per heavy atom. The molecule has 0 spiro atoms. The topological polar surface area (TPSA) is 74.6 Å². The molecule has 0 aliphatic heterocycles. The third-order valence-corrected chi connectivity index (χ3v) is 2.61. The Morgan fingerprint density at radius 3 is 2.23 bits per heavy atom. The quantitative estimate of drug-likeness (QED) is 0.624. The highest BCUT2D eigenvalue weighted by atomic mass is 31.2. The van der Waals surface area contributed by atoms with Gasteiger partial charge in [0, 0.05) is 12.8 Å². The smallest absolute Gasteiger partial charge is 0.324 e. The van der Waals surface area contributed by atoms with Gasteiger partial charge in [-0.1, -0.05) is 13.3 Å². The third-order valence-electron chi connectivity index (χ3n) is 1.71. The zero-order valence-electron chi connectivity index (χ0n) is 7.90. The molecule has 0 aromatic heterocycles. The summed E-state index contributed by atoms with van der Waals surface area (Å²) in [5.41, 5.74) is 0. The molecule has 2 N–H and O–H groups in total. The average Bonchev–Trinajstić information content (AvgIpc) is 1.98. The van der Waals surface area contributed by atoms with Crippen molar-refractivity contribution >= 4 is 13.4 Å². The minimum Gasteiger partial charge on any atom is -0.324 e. The van der Waals surface area contributed by atoms with Crippen LogP contribution in [0, 0.1) is 0 Å². The number of Topliss-reactive ketones (excluding diaryl/α,β-unsaturated/α-hetero) is 1. The van der Waals surface area contributed by atoms with Gasteiger partial charge < -0.3 is 9.79 Å². The van der Waals surface area contributed by atoms with Crippen LogP contribution in [0.5, 0.6) is 0 Å². The molecule has 0 aliphatic rings. The molecule has 0 aromatic rings. The summed E-state index contributed by atoms with van der Waals surface area (Å²) in [5, 5.41) is 0. The summed E-state index contributed by atoms with van der Waals surface area (Å²) in [6.45, 7) is 2.00. The maximum Gasteiger partial charge on any atom is 0.325 e. The van der Waals surface area contributed by atoms with Gasteiger partial charge in [-0.25, -0.2) is 0 Å². The fourth-order valence-corrected chi connectivity index (χ4v) is 1.55. The molecule has 13 heavy (non-hydrogen) atoms. The fraction of sp³-hybridized carbons (Fsp3) is 0.875. The van der Waals surface area contributed by atoms with Crippen molar-refractivity contribution in [3.05, 3.63) is 0 Å². The van der Waals surface area contributed by atoms with Crippen LogP contribution in [0.1, 0.15) is 39.0 Å². The maximum atomic E-state index is 11.0. The Kier molecular flexibility index (Phi) is 6.21. The highest BCUT2D eigenvalue weighted by molar-refractivity contribution is 7.51. The predicted molar refractivity (Wildman–Crippen MR) is 50.7 cm³/mol. The van der Waals surface area contributed by atoms with E-state index in [1.165, 1.54) is 0 Å². The molecule has 0 amide bonds. The molecule has 78 valence electrons. The van der Waals surface area contributed by atoms with E-state index in [4.69, 9.17) is 9.79 Å². The lowest BCUT2D eigenvalue weighted by molar-refractivity contribution is -0.119. The Balaban J connectivity index is 3.43. The van der Waals surface area contributed by atoms with Gasteiger partial charge in [-0.2, -0.15) is 0 Å². The molecule has 0 saturated carbocycles. The minimum absolute atomic E-state index is 0.107. The lowest BCUT2D eigenvalue weighted by Crippen LogP contribution is -1.99. The molecule has 0 aliphatic carbocycles. The first kappa shape index (κ1) is 12.8. The highest BCUT2D eigenvalue weighted by Gasteiger charge is 2.12. The summed E-state index contributed by atoms with van der Waals surface area (Å²) in [5.74, 6) is 0.107. The number of carbonyl (C=O) groups excluding carboxylic acids is 1. The molecule has 0 fully saturated rings. The van der Waals surface area contributed by atoms with Crippen molar-refractivity contribution in [2.45, 2.75) is 39.0 Å². The first-order chi connectivity index (χ1) is 5.95. The molecular weight excluding hydrogens is 191 g/mol. The average molecular weight is 208 g/mol. The van der Waals surface area contributed by atoms with Crippen molar-refractivity contribution in [3.8, 4) is 0 Å². The van der Waals surface area contributed by atoms with E-state index < -0.39 is 7.60 Å². The van der Waals surface area contributed by atoms with Crippen molar-refractivity contribution in [1.29, 1.82) is 0 Å². The third kappa shape index (κ3) is 9.74. The first-order valence-corrected chi connectivity index (χ1v) is 6.31. The van der Waals surface area contributed by atoms with Crippen molar-refractivity contribution in [2.24, 2.45) is 0 Å². The Bertz CT molecular complexity index is 196. The second-order valence-electron chi connectivity index (χ2n) is 3.13. The van der Waals surface area contributed by atoms with Gasteiger partial charge in [-0.3, -0.25) is 9.36 Å². The SMILES string of the molecule is CCCCC(=O)CCCP(=O)(O)O. The normalized spacial score (nSPS) is 11.6. The summed E-state index contributed by atoms with van der Waals surface area (Å²) < 4.78 is 10.4. The lowest BCUT2D eigenvalue weighted by atomic mass is 10.1. The summed E-state index contributed by atoms with van der Waals surface area (Å²) in [6.07, 6.45) is 2.80. The molecule has 0 bridgehead atoms. The Hall–Kier alpha value is -0.180. The molecule has 0 heterocycles. The van der Waals surface area contributed by atoms with E-state index >= 15 is 0 Å². The summed E-state index contributed by atoms with van der Waals surface area (Å²) in [4.78, 5) is 28.0. The van der Waals surface area contributed by atoms with Gasteiger partial charge in [-0.05, 0) is 12.8 Å². The van der Waals surface area contributed by atoms with Gasteiger partial charge in [0.2, 0.25) is 0 Å². The zero-order chi connectivity index (χ0) is 10.3. The van der Waals surface area contributed by atoms with E-state index in [1.54, 1.807) is 0 Å². The van der Waals surface area contributed by atoms with Crippen molar-refractivity contribution < 1.29 is 19.1 Å². The van der Waals surface area contributed by atoms with E-state index in [9.17, 15) is 9.36 Å². The van der Waals surface area contributed by atoms with E-state index in [0.29, 0.717) is 19.3 Å². The zero-order valence-corrected chi connectivity index (χ0v) is 8.80. The Morgan fingerprint density at radius 1 is 1.23 bits per heavy atom. The number of ketones is 1. The largest absolute Gasteiger partial charge is 0.325 e. The van der Waals surface area contributed by atoms with Crippen molar-refractivity contribution in [3.63, 3.8) is 0 Å². The minimum atomic E-state index is -3.90. The number of unbranched alkanes of at least 4 members (excludes halogenated alkanes) is 1. The lowest BCUT2D eigenvalue weighted by Gasteiger charge is -2.02. The first-order valence-electron chi connectivity index (χ1n) is 4.52. The van der Waals surface area contributed by atoms with Crippen LogP contribution in [-0.2, 0) is 9.36 Å². The molecule has 0 atom stereocenters. The molecule has 5 heteroatoms. The van der Waals surface area contributed by atoms with Crippen LogP contribution in [0.2, 0.25) is 0 Å². The van der Waals surface area contributed by atoms with Crippen LogP contribution in [0.3, 0.4) is 0 Å². The van der Waals surface area contributed by atoms with Crippen LogP contribution in [0.15, 0.2) is 0 Å². The standard InChI is InChI=1S/C8H17O4P/c1-2-3-5-8(9)6-4-7-13(10,11)12/h2-7H2,1H3,(H2,10,11,12). The number of carbonyl (C=O) groups is 1. The highest BCUT2D eigenvalue weighted by Crippen LogP contribution is 2.35. The molecule has 0 aromatic carbocycles. The van der Waals surface area contributed by atoms with Gasteiger partial charge in [0.05, 0.1) is 6.16 Å². The summed E-state index contributed by atoms with van der Waals surface area (Å²) >= 11 is 0. The van der Waals surface area contributed by atoms with Gasteiger partial charge in [0.25, 0.3) is 0 Å². The van der Waals surface area contributed by atoms with Crippen LogP contribution in [-0.4, -0.2) is 21.7 Å². The van der Waals surface area contributed by atoms with Crippen LogP contribution < -0.4 is 0 Å². The molecule has 0 saturated heterocycles. The number of hydrogen-bond donors (Lipinski definition) is 2. The number of rotatable bonds is 7. The van der Waals surface area contributed by atoms with Crippen molar-refractivity contribution in [2.75, 3.05) is 6.16 Å². The maximum absolute atomic E-state index is 11.0. The predicted octanol–water partition coefficient (Wildman–Crippen LogP) is 1.70. The van der Waals surface area contributed by atoms with Gasteiger partial charge in [0.1, 0.15) is 5.78 Å². The van der Waals surface area contributed by atoms with Crippen LogP contribution >= 0.6 is 7.60 Å². The fourth-order valence-electron chi connectivity index (χ4n) is 0.981. The molecule has 0 unspecified atom stereocenters. The summed E-state index contributed by atoms with van der Waals surface area (Å²) in [7, 11) is -3.90. The van der Waals surface area contributed by atoms with E-state index in [-0.39, 0.29) is 11.9 Å². The summed E-state index contributed by atoms with van der Waals surface area (Å²) in [6, 6.07) is 0. The monoisotopic (exact) mass is 208 g/mol. The molecule has 4 nitrogen and oxygen atoms in total. The van der Waals surface area contributed by atoms with E-state index in [1.807, 2.05) is 6.92 Å². The van der Waals surface area contributed by atoms with Crippen LogP contribution in [0.25, 0.3) is 0 Å². The van der Waals surface area contributed by atoms with Gasteiger partial charge in [0.15, 0.2) is 0 Å². The van der Waals surface area contributed by atoms with Gasteiger partial charge >= 0.3 is 7.60 Å². The molecular formula is C8H17O4P. The molecule has 0 radical (unpaired) electrons. The second-order valence-corrected chi connectivity index (χ2v) is 4.91.